The number of hydrogen-bond acceptors (Lipinski definition) is 4. The molecule has 0 spiro atoms. The second-order valence-electron chi connectivity index (χ2n) is 15.7. The van der Waals surface area contributed by atoms with Crippen molar-refractivity contribution in [3.8, 4) is 0 Å². The Labute approximate surface area is 222 Å². The van der Waals surface area contributed by atoms with Gasteiger partial charge in [-0.05, 0) is 137 Å². The number of rotatable bonds is 7. The van der Waals surface area contributed by atoms with Gasteiger partial charge < -0.3 is 20.1 Å². The molecule has 36 heavy (non-hydrogen) atoms. The van der Waals surface area contributed by atoms with E-state index < -0.39 is 5.60 Å². The van der Waals surface area contributed by atoms with Crippen molar-refractivity contribution in [2.24, 2.45) is 45.3 Å². The summed E-state index contributed by atoms with van der Waals surface area (Å²) in [6.07, 6.45) is 9.28. The van der Waals surface area contributed by atoms with Crippen molar-refractivity contribution in [2.75, 3.05) is 6.61 Å². The van der Waals surface area contributed by atoms with E-state index in [1.165, 1.54) is 12.8 Å². The first-order chi connectivity index (χ1) is 16.5. The molecule has 10 atom stereocenters. The Balaban J connectivity index is 1.58. The summed E-state index contributed by atoms with van der Waals surface area (Å²) >= 11 is 0. The van der Waals surface area contributed by atoms with Gasteiger partial charge in [-0.25, -0.2) is 0 Å². The van der Waals surface area contributed by atoms with Crippen molar-refractivity contribution >= 4 is 0 Å². The smallest absolute Gasteiger partial charge is 0.0651 e. The first kappa shape index (κ1) is 28.8. The molecule has 0 aromatic rings. The molecular formula is C32H58O4. The number of ether oxygens (including phenoxy) is 1. The van der Waals surface area contributed by atoms with E-state index in [4.69, 9.17) is 4.74 Å². The predicted molar refractivity (Wildman–Crippen MR) is 147 cm³/mol. The first-order valence-corrected chi connectivity index (χ1v) is 15.2. The maximum Gasteiger partial charge on any atom is 0.0651 e. The Morgan fingerprint density at radius 3 is 2.11 bits per heavy atom. The fourth-order valence-electron chi connectivity index (χ4n) is 11.0. The van der Waals surface area contributed by atoms with Crippen LogP contribution in [0.1, 0.15) is 127 Å². The van der Waals surface area contributed by atoms with Gasteiger partial charge >= 0.3 is 0 Å². The van der Waals surface area contributed by atoms with Crippen molar-refractivity contribution in [1.82, 2.24) is 0 Å². The number of aliphatic hydroxyl groups is 3. The van der Waals surface area contributed by atoms with Crippen LogP contribution in [0.5, 0.6) is 0 Å². The maximum atomic E-state index is 11.9. The van der Waals surface area contributed by atoms with Crippen molar-refractivity contribution in [2.45, 2.75) is 150 Å². The zero-order valence-electron chi connectivity index (χ0n) is 25.0. The van der Waals surface area contributed by atoms with Crippen LogP contribution >= 0.6 is 0 Å². The van der Waals surface area contributed by atoms with Gasteiger partial charge in [0.05, 0.1) is 23.4 Å². The summed E-state index contributed by atoms with van der Waals surface area (Å²) in [5.74, 6) is 1.24. The molecule has 4 unspecified atom stereocenters. The molecule has 4 aliphatic carbocycles. The Kier molecular flexibility index (Phi) is 7.37. The Hall–Kier alpha value is -0.160. The topological polar surface area (TPSA) is 69.9 Å². The lowest BCUT2D eigenvalue weighted by Crippen LogP contribution is -2.66. The van der Waals surface area contributed by atoms with Crippen LogP contribution in [0.15, 0.2) is 0 Å². The lowest BCUT2D eigenvalue weighted by molar-refractivity contribution is -0.246. The summed E-state index contributed by atoms with van der Waals surface area (Å²) < 4.78 is 5.90. The second-order valence-corrected chi connectivity index (χ2v) is 15.7. The summed E-state index contributed by atoms with van der Waals surface area (Å²) in [7, 11) is 0. The average molecular weight is 507 g/mol. The molecule has 4 nitrogen and oxygen atoms in total. The first-order valence-electron chi connectivity index (χ1n) is 15.2. The summed E-state index contributed by atoms with van der Waals surface area (Å²) in [6.45, 7) is 21.1. The van der Waals surface area contributed by atoms with E-state index in [2.05, 4.69) is 48.5 Å². The number of fused-ring (bicyclic) bond motifs is 5. The summed E-state index contributed by atoms with van der Waals surface area (Å²) in [5.41, 5.74) is -0.669. The fraction of sp³-hybridized carbons (Fsp3) is 1.00. The largest absolute Gasteiger partial charge is 0.393 e. The number of aliphatic hydroxyl groups excluding tert-OH is 2. The van der Waals surface area contributed by atoms with Crippen LogP contribution in [0, 0.1) is 45.3 Å². The molecule has 4 heteroatoms. The van der Waals surface area contributed by atoms with Gasteiger partial charge in [-0.1, -0.05) is 34.6 Å². The molecule has 0 aromatic carbocycles. The third-order valence-electron chi connectivity index (χ3n) is 13.2. The van der Waals surface area contributed by atoms with E-state index in [-0.39, 0.29) is 51.3 Å². The molecule has 4 fully saturated rings. The van der Waals surface area contributed by atoms with Gasteiger partial charge in [-0.3, -0.25) is 0 Å². The van der Waals surface area contributed by atoms with E-state index in [1.807, 2.05) is 13.8 Å². The summed E-state index contributed by atoms with van der Waals surface area (Å²) in [5, 5.41) is 34.6. The van der Waals surface area contributed by atoms with E-state index >= 15 is 0 Å². The highest BCUT2D eigenvalue weighted by Crippen LogP contribution is 2.75. The van der Waals surface area contributed by atoms with Crippen LogP contribution in [-0.4, -0.2) is 45.3 Å². The highest BCUT2D eigenvalue weighted by atomic mass is 16.5. The van der Waals surface area contributed by atoms with Crippen molar-refractivity contribution < 1.29 is 20.1 Å². The second kappa shape index (κ2) is 9.20. The molecule has 0 aromatic heterocycles. The lowest BCUT2D eigenvalue weighted by atomic mass is 9.35. The third kappa shape index (κ3) is 4.23. The summed E-state index contributed by atoms with van der Waals surface area (Å²) in [6, 6.07) is 0. The Morgan fingerprint density at radius 1 is 0.833 bits per heavy atom. The molecule has 0 radical (unpaired) electrons. The monoisotopic (exact) mass is 506 g/mol. The normalized spacial score (nSPS) is 48.0. The molecule has 0 aliphatic heterocycles. The van der Waals surface area contributed by atoms with Gasteiger partial charge in [0.25, 0.3) is 0 Å². The van der Waals surface area contributed by atoms with Crippen molar-refractivity contribution in [1.29, 1.82) is 0 Å². The molecule has 4 saturated carbocycles. The zero-order valence-corrected chi connectivity index (χ0v) is 25.0. The molecule has 0 bridgehead atoms. The zero-order chi connectivity index (χ0) is 26.9. The Bertz CT molecular complexity index is 804. The van der Waals surface area contributed by atoms with Crippen LogP contribution in [0.3, 0.4) is 0 Å². The maximum absolute atomic E-state index is 11.9. The van der Waals surface area contributed by atoms with Gasteiger partial charge in [0.1, 0.15) is 0 Å². The minimum atomic E-state index is -0.771. The molecule has 4 rings (SSSR count). The third-order valence-corrected chi connectivity index (χ3v) is 13.2. The van der Waals surface area contributed by atoms with Crippen LogP contribution in [0.2, 0.25) is 0 Å². The van der Waals surface area contributed by atoms with E-state index in [9.17, 15) is 15.3 Å². The molecular weight excluding hydrogens is 448 g/mol. The van der Waals surface area contributed by atoms with E-state index in [1.54, 1.807) is 0 Å². The van der Waals surface area contributed by atoms with Gasteiger partial charge in [-0.15, -0.1) is 0 Å². The highest BCUT2D eigenvalue weighted by Gasteiger charge is 2.71. The molecule has 0 amide bonds. The molecule has 0 saturated heterocycles. The fourth-order valence-corrected chi connectivity index (χ4v) is 11.0. The van der Waals surface area contributed by atoms with E-state index in [0.717, 1.165) is 51.4 Å². The quantitative estimate of drug-likeness (QED) is 0.358. The van der Waals surface area contributed by atoms with Crippen LogP contribution in [0.25, 0.3) is 0 Å². The average Bonchev–Trinajstić information content (AvgIpc) is 3.13. The minimum Gasteiger partial charge on any atom is -0.393 e. The van der Waals surface area contributed by atoms with E-state index in [0.29, 0.717) is 18.4 Å². The van der Waals surface area contributed by atoms with Crippen molar-refractivity contribution in [3.63, 3.8) is 0 Å². The van der Waals surface area contributed by atoms with Gasteiger partial charge in [-0.2, -0.15) is 0 Å². The van der Waals surface area contributed by atoms with Crippen LogP contribution < -0.4 is 0 Å². The minimum absolute atomic E-state index is 0.0305. The molecule has 210 valence electrons. The van der Waals surface area contributed by atoms with Crippen molar-refractivity contribution in [3.05, 3.63) is 0 Å². The SMILES string of the molecule is CCOC(C)(C)CCC[C@](C)(O)C1CC[C@]2(C)C1[C@H](O)CC1[C@@]3(C)CC[C@H](O)C(C)(C)C3CC[C@]12C. The number of hydrogen-bond donors (Lipinski definition) is 3. The molecule has 3 N–H and O–H groups in total. The van der Waals surface area contributed by atoms with Gasteiger partial charge in [0, 0.05) is 6.61 Å². The lowest BCUT2D eigenvalue weighted by Gasteiger charge is -2.70. The summed E-state index contributed by atoms with van der Waals surface area (Å²) in [4.78, 5) is 0. The molecule has 0 heterocycles. The van der Waals surface area contributed by atoms with Gasteiger partial charge in [0.15, 0.2) is 0 Å². The van der Waals surface area contributed by atoms with Gasteiger partial charge in [0.2, 0.25) is 0 Å². The Morgan fingerprint density at radius 2 is 1.47 bits per heavy atom. The van der Waals surface area contributed by atoms with Crippen LogP contribution in [0.4, 0.5) is 0 Å². The highest BCUT2D eigenvalue weighted by molar-refractivity contribution is 5.20. The molecule has 4 aliphatic rings. The van der Waals surface area contributed by atoms with Crippen LogP contribution in [-0.2, 0) is 4.74 Å². The standard InChI is InChI=1S/C32H58O4/c1-10-36-27(2,3)15-11-16-32(9,35)21-12-18-31(8)26(21)22(33)20-24-29(6)17-14-25(34)28(4,5)23(29)13-19-30(24,31)7/h21-26,33-35H,10-20H2,1-9H3/t21?,22-,23?,24?,25+,26?,29+,30-,31-,32+/m1/s1. The predicted octanol–water partition coefficient (Wildman–Crippen LogP) is 6.74.